The number of hydrogen-bond acceptors (Lipinski definition) is 4. The Labute approximate surface area is 197 Å². The van der Waals surface area contributed by atoms with Gasteiger partial charge in [0.25, 0.3) is 5.91 Å². The fourth-order valence-corrected chi connectivity index (χ4v) is 4.43. The van der Waals surface area contributed by atoms with Crippen LogP contribution in [0.4, 0.5) is 4.39 Å². The monoisotopic (exact) mass is 467 g/mol. The number of hydrogen-bond donors (Lipinski definition) is 1. The number of carbonyl (C=O) groups is 1. The third-order valence-corrected chi connectivity index (χ3v) is 6.24. The van der Waals surface area contributed by atoms with E-state index in [-0.39, 0.29) is 11.9 Å². The summed E-state index contributed by atoms with van der Waals surface area (Å²) in [7, 11) is 0. The molecular weight excluding hydrogens is 441 g/mol. The van der Waals surface area contributed by atoms with E-state index in [0.29, 0.717) is 33.6 Å². The molecule has 1 unspecified atom stereocenters. The van der Waals surface area contributed by atoms with Gasteiger partial charge in [0.15, 0.2) is 0 Å². The zero-order valence-electron chi connectivity index (χ0n) is 18.4. The third-order valence-electron chi connectivity index (χ3n) is 5.99. The summed E-state index contributed by atoms with van der Waals surface area (Å²) < 4.78 is 14.9. The minimum absolute atomic E-state index is 0.0267. The van der Waals surface area contributed by atoms with E-state index in [0.717, 1.165) is 31.5 Å². The van der Waals surface area contributed by atoms with E-state index in [2.05, 4.69) is 26.8 Å². The van der Waals surface area contributed by atoms with Crippen LogP contribution in [-0.4, -0.2) is 51.7 Å². The molecule has 3 heterocycles. The second-order valence-electron chi connectivity index (χ2n) is 8.05. The Bertz CT molecular complexity index is 1190. The van der Waals surface area contributed by atoms with Crippen molar-refractivity contribution < 1.29 is 9.18 Å². The molecule has 0 spiro atoms. The lowest BCUT2D eigenvalue weighted by Crippen LogP contribution is -2.41. The molecule has 1 fully saturated rings. The van der Waals surface area contributed by atoms with Crippen molar-refractivity contribution in [3.8, 4) is 5.95 Å². The Morgan fingerprint density at radius 2 is 1.88 bits per heavy atom. The van der Waals surface area contributed by atoms with Crippen LogP contribution >= 0.6 is 11.6 Å². The minimum atomic E-state index is -0.705. The van der Waals surface area contributed by atoms with Crippen LogP contribution in [0.25, 0.3) is 18.6 Å². The maximum absolute atomic E-state index is 13.3. The van der Waals surface area contributed by atoms with Gasteiger partial charge in [-0.3, -0.25) is 14.3 Å². The van der Waals surface area contributed by atoms with E-state index in [1.165, 1.54) is 12.5 Å². The molecular formula is C25H27ClFN5O. The van der Waals surface area contributed by atoms with E-state index in [1.807, 2.05) is 24.3 Å². The number of piperidine rings is 1. The maximum atomic E-state index is 13.3. The van der Waals surface area contributed by atoms with Gasteiger partial charge in [-0.2, -0.15) is 0 Å². The number of nitrogens with one attached hydrogen (secondary N) is 1. The van der Waals surface area contributed by atoms with E-state index in [1.54, 1.807) is 29.2 Å². The Balaban J connectivity index is 1.60. The number of benzene rings is 1. The summed E-state index contributed by atoms with van der Waals surface area (Å²) in [5, 5.41) is 4.66. The smallest absolute Gasteiger partial charge is 0.253 e. The number of amides is 1. The van der Waals surface area contributed by atoms with Crippen molar-refractivity contribution in [3.05, 3.63) is 75.6 Å². The fraction of sp³-hybridized carbons (Fsp3) is 0.320. The van der Waals surface area contributed by atoms with Crippen molar-refractivity contribution >= 4 is 30.2 Å². The van der Waals surface area contributed by atoms with Crippen LogP contribution in [0.1, 0.15) is 41.2 Å². The SMILES string of the molecule is C=c1c(=CCF)c(C(=O)NCC(c2ccc(Cl)cc2)N2CCCCC2)cn1-c1ncccn1. The van der Waals surface area contributed by atoms with Gasteiger partial charge in [-0.1, -0.05) is 36.7 Å². The third kappa shape index (κ3) is 5.31. The van der Waals surface area contributed by atoms with Crippen molar-refractivity contribution in [2.45, 2.75) is 25.3 Å². The lowest BCUT2D eigenvalue weighted by atomic mass is 10.0. The zero-order valence-corrected chi connectivity index (χ0v) is 19.1. The van der Waals surface area contributed by atoms with Crippen molar-refractivity contribution in [3.63, 3.8) is 0 Å². The average molecular weight is 468 g/mol. The average Bonchev–Trinajstić information content (AvgIpc) is 3.18. The molecule has 4 rings (SSSR count). The van der Waals surface area contributed by atoms with Gasteiger partial charge < -0.3 is 5.32 Å². The van der Waals surface area contributed by atoms with Crippen molar-refractivity contribution in [2.24, 2.45) is 0 Å². The minimum Gasteiger partial charge on any atom is -0.350 e. The zero-order chi connectivity index (χ0) is 23.2. The first-order valence-corrected chi connectivity index (χ1v) is 11.5. The molecule has 8 heteroatoms. The molecule has 1 aliphatic rings. The van der Waals surface area contributed by atoms with E-state index < -0.39 is 6.67 Å². The first-order valence-electron chi connectivity index (χ1n) is 11.1. The molecule has 33 heavy (non-hydrogen) atoms. The number of aromatic nitrogens is 3. The number of carbonyl (C=O) groups excluding carboxylic acids is 1. The molecule has 6 nitrogen and oxygen atoms in total. The van der Waals surface area contributed by atoms with Gasteiger partial charge in [0.1, 0.15) is 6.67 Å². The molecule has 0 saturated carbocycles. The van der Waals surface area contributed by atoms with Gasteiger partial charge >= 0.3 is 0 Å². The number of alkyl halides is 1. The molecule has 0 bridgehead atoms. The fourth-order valence-electron chi connectivity index (χ4n) is 4.30. The quantitative estimate of drug-likeness (QED) is 0.580. The van der Waals surface area contributed by atoms with Crippen LogP contribution in [0.15, 0.2) is 48.9 Å². The van der Waals surface area contributed by atoms with Gasteiger partial charge in [0.2, 0.25) is 5.95 Å². The first kappa shape index (κ1) is 23.1. The number of halogens is 2. The molecule has 1 saturated heterocycles. The van der Waals surface area contributed by atoms with Crippen LogP contribution in [0.2, 0.25) is 5.02 Å². The molecule has 1 N–H and O–H groups in total. The van der Waals surface area contributed by atoms with Gasteiger partial charge in [-0.15, -0.1) is 0 Å². The summed E-state index contributed by atoms with van der Waals surface area (Å²) in [5.41, 5.74) is 1.45. The molecule has 2 aromatic heterocycles. The molecule has 3 aromatic rings. The molecule has 0 radical (unpaired) electrons. The molecule has 1 amide bonds. The van der Waals surface area contributed by atoms with Crippen LogP contribution in [0.3, 0.4) is 0 Å². The Morgan fingerprint density at radius 3 is 2.55 bits per heavy atom. The van der Waals surface area contributed by atoms with Crippen molar-refractivity contribution in [1.82, 2.24) is 24.8 Å². The van der Waals surface area contributed by atoms with Gasteiger partial charge in [0.05, 0.1) is 11.6 Å². The second-order valence-corrected chi connectivity index (χ2v) is 8.49. The molecule has 1 aromatic carbocycles. The number of nitrogens with zero attached hydrogens (tertiary/aromatic N) is 4. The van der Waals surface area contributed by atoms with E-state index in [9.17, 15) is 9.18 Å². The standard InChI is InChI=1S/C25H27ClFN5O/c1-18-21(10-11-27)22(17-32(18)25-28-12-5-13-29-25)24(33)30-16-23(31-14-3-2-4-15-31)19-6-8-20(26)9-7-19/h5-10,12-13,17,23H,1-4,11,14-16H2,(H,30,33). The highest BCUT2D eigenvalue weighted by molar-refractivity contribution is 6.30. The maximum Gasteiger partial charge on any atom is 0.253 e. The van der Waals surface area contributed by atoms with E-state index >= 15 is 0 Å². The predicted octanol–water partition coefficient (Wildman–Crippen LogP) is 3.04. The molecule has 1 atom stereocenters. The highest BCUT2D eigenvalue weighted by atomic mass is 35.5. The lowest BCUT2D eigenvalue weighted by Gasteiger charge is -2.35. The van der Waals surface area contributed by atoms with Crippen molar-refractivity contribution in [1.29, 1.82) is 0 Å². The van der Waals surface area contributed by atoms with Crippen LogP contribution in [0, 0.1) is 0 Å². The number of likely N-dealkylation sites (tertiary alicyclic amines) is 1. The highest BCUT2D eigenvalue weighted by Crippen LogP contribution is 2.25. The largest absolute Gasteiger partial charge is 0.350 e. The van der Waals surface area contributed by atoms with Crippen LogP contribution < -0.4 is 15.9 Å². The molecule has 1 aliphatic heterocycles. The Hall–Kier alpha value is -3.03. The molecule has 0 aliphatic carbocycles. The van der Waals surface area contributed by atoms with Crippen LogP contribution in [0.5, 0.6) is 0 Å². The van der Waals surface area contributed by atoms with Crippen LogP contribution in [-0.2, 0) is 0 Å². The second kappa shape index (κ2) is 10.7. The summed E-state index contributed by atoms with van der Waals surface area (Å²) in [4.78, 5) is 24.1. The topological polar surface area (TPSA) is 63.1 Å². The normalized spacial score (nSPS) is 16.0. The lowest BCUT2D eigenvalue weighted by molar-refractivity contribution is 0.0923. The Morgan fingerprint density at radius 1 is 1.18 bits per heavy atom. The summed E-state index contributed by atoms with van der Waals surface area (Å²) in [5.74, 6) is 0.0904. The highest BCUT2D eigenvalue weighted by Gasteiger charge is 2.24. The van der Waals surface area contributed by atoms with E-state index in [4.69, 9.17) is 11.6 Å². The predicted molar refractivity (Wildman–Crippen MR) is 129 cm³/mol. The molecule has 172 valence electrons. The van der Waals surface area contributed by atoms with Gasteiger partial charge in [-0.05, 0) is 55.8 Å². The number of rotatable bonds is 7. The Kier molecular flexibility index (Phi) is 7.52. The summed E-state index contributed by atoms with van der Waals surface area (Å²) in [6, 6.07) is 9.49. The van der Waals surface area contributed by atoms with Gasteiger partial charge in [0, 0.05) is 40.7 Å². The summed E-state index contributed by atoms with van der Waals surface area (Å²) in [6.07, 6.45) is 9.69. The van der Waals surface area contributed by atoms with Gasteiger partial charge in [-0.25, -0.2) is 14.4 Å². The van der Waals surface area contributed by atoms with Crippen molar-refractivity contribution in [2.75, 3.05) is 26.3 Å². The summed E-state index contributed by atoms with van der Waals surface area (Å²) >= 11 is 6.09. The first-order chi connectivity index (χ1) is 16.1. The summed E-state index contributed by atoms with van der Waals surface area (Å²) in [6.45, 7) is 5.71.